The molecule has 0 fully saturated rings. The molecule has 0 spiro atoms. The first-order chi connectivity index (χ1) is 10.0. The second kappa shape index (κ2) is 6.64. The van der Waals surface area contributed by atoms with Crippen LogP contribution in [0.2, 0.25) is 0 Å². The van der Waals surface area contributed by atoms with Crippen molar-refractivity contribution in [1.29, 1.82) is 0 Å². The Hall–Kier alpha value is -2.00. The highest BCUT2D eigenvalue weighted by atomic mass is 32.2. The monoisotopic (exact) mass is 310 g/mol. The number of hydrogen-bond acceptors (Lipinski definition) is 6. The summed E-state index contributed by atoms with van der Waals surface area (Å²) in [5.41, 5.74) is 0.885. The van der Waals surface area contributed by atoms with Crippen molar-refractivity contribution in [2.24, 2.45) is 7.05 Å². The van der Waals surface area contributed by atoms with E-state index in [2.05, 4.69) is 32.1 Å². The van der Waals surface area contributed by atoms with Crippen molar-refractivity contribution in [3.05, 3.63) is 30.4 Å². The van der Waals surface area contributed by atoms with Crippen molar-refractivity contribution in [2.45, 2.75) is 24.8 Å². The van der Waals surface area contributed by atoms with Gasteiger partial charge in [-0.1, -0.05) is 6.92 Å². The van der Waals surface area contributed by atoms with Gasteiger partial charge in [0.15, 0.2) is 0 Å². The molecule has 114 valence electrons. The summed E-state index contributed by atoms with van der Waals surface area (Å²) in [6, 6.07) is 1.63. The standard InChI is InChI=1S/C12H18N6O2S/c1-3-4-13-8-10-7-11(9-18(10)2)21(19,20)17-12-14-5-6-15-16-12/h5-7,9,13H,3-4,8H2,1-2H3,(H,14,16,17). The lowest BCUT2D eigenvalue weighted by Crippen LogP contribution is -2.15. The minimum Gasteiger partial charge on any atom is -0.352 e. The van der Waals surface area contributed by atoms with Gasteiger partial charge in [0, 0.05) is 25.5 Å². The lowest BCUT2D eigenvalue weighted by molar-refractivity contribution is 0.600. The van der Waals surface area contributed by atoms with Gasteiger partial charge in [0.2, 0.25) is 0 Å². The van der Waals surface area contributed by atoms with E-state index >= 15 is 0 Å². The summed E-state index contributed by atoms with van der Waals surface area (Å²) in [6.07, 6.45) is 5.32. The molecule has 0 unspecified atom stereocenters. The Morgan fingerprint density at radius 2 is 2.14 bits per heavy atom. The molecular weight excluding hydrogens is 292 g/mol. The van der Waals surface area contributed by atoms with Crippen molar-refractivity contribution >= 4 is 16.0 Å². The molecule has 0 aliphatic heterocycles. The van der Waals surface area contributed by atoms with Gasteiger partial charge in [-0.05, 0) is 19.0 Å². The van der Waals surface area contributed by atoms with Gasteiger partial charge >= 0.3 is 0 Å². The minimum absolute atomic E-state index is 0.0491. The molecule has 2 heterocycles. The molecule has 2 N–H and O–H groups in total. The third-order valence-corrected chi connectivity index (χ3v) is 4.13. The molecule has 0 aliphatic rings. The van der Waals surface area contributed by atoms with Crippen LogP contribution >= 0.6 is 0 Å². The average molecular weight is 310 g/mol. The van der Waals surface area contributed by atoms with E-state index in [4.69, 9.17) is 0 Å². The SMILES string of the molecule is CCCNCc1cc(S(=O)(=O)Nc2nccnn2)cn1C. The van der Waals surface area contributed by atoms with Gasteiger partial charge in [-0.2, -0.15) is 5.10 Å². The van der Waals surface area contributed by atoms with Gasteiger partial charge in [0.25, 0.3) is 16.0 Å². The maximum atomic E-state index is 12.2. The number of aryl methyl sites for hydroxylation is 1. The summed E-state index contributed by atoms with van der Waals surface area (Å²) in [5, 5.41) is 10.4. The fraction of sp³-hybridized carbons (Fsp3) is 0.417. The largest absolute Gasteiger partial charge is 0.352 e. The molecule has 2 aromatic heterocycles. The van der Waals surface area contributed by atoms with Crippen LogP contribution in [-0.2, 0) is 23.6 Å². The van der Waals surface area contributed by atoms with E-state index in [-0.39, 0.29) is 10.8 Å². The van der Waals surface area contributed by atoms with Crippen LogP contribution in [0.1, 0.15) is 19.0 Å². The quantitative estimate of drug-likeness (QED) is 0.723. The van der Waals surface area contributed by atoms with Gasteiger partial charge in [-0.15, -0.1) is 5.10 Å². The lowest BCUT2D eigenvalue weighted by Gasteiger charge is -2.03. The normalized spacial score (nSPS) is 11.5. The predicted octanol–water partition coefficient (Wildman–Crippen LogP) is 0.510. The van der Waals surface area contributed by atoms with Gasteiger partial charge in [-0.25, -0.2) is 18.1 Å². The number of rotatable bonds is 7. The van der Waals surface area contributed by atoms with E-state index in [9.17, 15) is 8.42 Å². The summed E-state index contributed by atoms with van der Waals surface area (Å²) in [4.78, 5) is 3.97. The molecule has 0 amide bonds. The van der Waals surface area contributed by atoms with E-state index in [0.29, 0.717) is 6.54 Å². The van der Waals surface area contributed by atoms with Gasteiger partial charge in [0.05, 0.1) is 12.4 Å². The number of aromatic nitrogens is 4. The first-order valence-corrected chi connectivity index (χ1v) is 8.03. The smallest absolute Gasteiger partial charge is 0.265 e. The van der Waals surface area contributed by atoms with E-state index in [1.165, 1.54) is 12.4 Å². The highest BCUT2D eigenvalue weighted by molar-refractivity contribution is 7.92. The zero-order valence-corrected chi connectivity index (χ0v) is 12.8. The third kappa shape index (κ3) is 3.99. The summed E-state index contributed by atoms with van der Waals surface area (Å²) >= 11 is 0. The van der Waals surface area contributed by atoms with Crippen LogP contribution in [-0.4, -0.2) is 34.7 Å². The molecule has 2 aromatic rings. The van der Waals surface area contributed by atoms with Crippen LogP contribution in [0.4, 0.5) is 5.95 Å². The fourth-order valence-electron chi connectivity index (χ4n) is 1.77. The Labute approximate surface area is 123 Å². The number of nitrogens with zero attached hydrogens (tertiary/aromatic N) is 4. The Morgan fingerprint density at radius 1 is 1.33 bits per heavy atom. The van der Waals surface area contributed by atoms with E-state index in [0.717, 1.165) is 18.7 Å². The van der Waals surface area contributed by atoms with Crippen LogP contribution in [0.15, 0.2) is 29.6 Å². The van der Waals surface area contributed by atoms with Crippen LogP contribution in [0, 0.1) is 0 Å². The number of hydrogen-bond donors (Lipinski definition) is 2. The van der Waals surface area contributed by atoms with E-state index in [1.54, 1.807) is 16.8 Å². The predicted molar refractivity (Wildman–Crippen MR) is 78.0 cm³/mol. The highest BCUT2D eigenvalue weighted by Crippen LogP contribution is 2.15. The Bertz CT molecular complexity index is 683. The van der Waals surface area contributed by atoms with Crippen LogP contribution in [0.5, 0.6) is 0 Å². The van der Waals surface area contributed by atoms with E-state index in [1.807, 2.05) is 7.05 Å². The van der Waals surface area contributed by atoms with Crippen molar-refractivity contribution in [2.75, 3.05) is 11.3 Å². The summed E-state index contributed by atoms with van der Waals surface area (Å²) in [7, 11) is -1.90. The number of sulfonamides is 1. The van der Waals surface area contributed by atoms with Crippen molar-refractivity contribution < 1.29 is 8.42 Å². The molecule has 0 radical (unpaired) electrons. The first-order valence-electron chi connectivity index (χ1n) is 6.55. The molecule has 0 aromatic carbocycles. The molecule has 21 heavy (non-hydrogen) atoms. The topological polar surface area (TPSA) is 102 Å². The lowest BCUT2D eigenvalue weighted by atomic mass is 10.4. The van der Waals surface area contributed by atoms with Crippen molar-refractivity contribution in [1.82, 2.24) is 25.1 Å². The Morgan fingerprint density at radius 3 is 2.81 bits per heavy atom. The van der Waals surface area contributed by atoms with Gasteiger partial charge in [0.1, 0.15) is 4.90 Å². The molecule has 0 saturated carbocycles. The molecule has 0 bridgehead atoms. The van der Waals surface area contributed by atoms with E-state index < -0.39 is 10.0 Å². The average Bonchev–Trinajstić information content (AvgIpc) is 2.82. The van der Waals surface area contributed by atoms with Crippen LogP contribution in [0.25, 0.3) is 0 Å². The summed E-state index contributed by atoms with van der Waals surface area (Å²) < 4.78 is 28.6. The molecule has 0 saturated heterocycles. The van der Waals surface area contributed by atoms with Crippen molar-refractivity contribution in [3.63, 3.8) is 0 Å². The first kappa shape index (κ1) is 15.4. The molecule has 0 aliphatic carbocycles. The molecule has 8 nitrogen and oxygen atoms in total. The zero-order valence-electron chi connectivity index (χ0n) is 11.9. The molecule has 9 heteroatoms. The van der Waals surface area contributed by atoms with Gasteiger partial charge in [-0.3, -0.25) is 0 Å². The molecular formula is C12H18N6O2S. The Kier molecular flexibility index (Phi) is 4.86. The fourth-order valence-corrected chi connectivity index (χ4v) is 2.81. The summed E-state index contributed by atoms with van der Waals surface area (Å²) in [6.45, 7) is 3.57. The maximum Gasteiger partial charge on any atom is 0.265 e. The van der Waals surface area contributed by atoms with Crippen molar-refractivity contribution in [3.8, 4) is 0 Å². The number of anilines is 1. The second-order valence-electron chi connectivity index (χ2n) is 4.53. The highest BCUT2D eigenvalue weighted by Gasteiger charge is 2.18. The Balaban J connectivity index is 2.15. The van der Waals surface area contributed by atoms with Crippen LogP contribution < -0.4 is 10.0 Å². The van der Waals surface area contributed by atoms with Gasteiger partial charge < -0.3 is 9.88 Å². The molecule has 2 rings (SSSR count). The minimum atomic E-state index is -3.71. The maximum absolute atomic E-state index is 12.2. The second-order valence-corrected chi connectivity index (χ2v) is 6.21. The summed E-state index contributed by atoms with van der Waals surface area (Å²) in [5.74, 6) is -0.0491. The van der Waals surface area contributed by atoms with Crippen LogP contribution in [0.3, 0.4) is 0 Å². The third-order valence-electron chi connectivity index (χ3n) is 2.83. The zero-order chi connectivity index (χ0) is 15.3. The number of nitrogens with one attached hydrogen (secondary N) is 2. The molecule has 0 atom stereocenters.